The highest BCUT2D eigenvalue weighted by molar-refractivity contribution is 5.55. The van der Waals surface area contributed by atoms with Gasteiger partial charge in [0.2, 0.25) is 0 Å². The van der Waals surface area contributed by atoms with Crippen LogP contribution in [0, 0.1) is 10.1 Å². The van der Waals surface area contributed by atoms with Crippen LogP contribution in [0.1, 0.15) is 5.76 Å². The van der Waals surface area contributed by atoms with E-state index in [1.54, 1.807) is 12.1 Å². The molecule has 1 aromatic heterocycles. The lowest BCUT2D eigenvalue weighted by atomic mass is 10.4. The minimum Gasteiger partial charge on any atom is -0.463 e. The molecule has 0 aliphatic heterocycles. The van der Waals surface area contributed by atoms with E-state index >= 15 is 0 Å². The molecule has 0 bridgehead atoms. The topological polar surface area (TPSA) is 82.3 Å². The largest absolute Gasteiger partial charge is 0.463 e. The average Bonchev–Trinajstić information content (AvgIpc) is 2.35. The zero-order chi connectivity index (χ0) is 8.27. The van der Waals surface area contributed by atoms with Crippen LogP contribution in [-0.2, 0) is 0 Å². The Kier molecular flexibility index (Phi) is 1.91. The molecule has 0 saturated carbocycles. The maximum Gasteiger partial charge on any atom is 0.261 e. The number of hydrogen-bond donors (Lipinski definition) is 1. The first-order valence-corrected chi connectivity index (χ1v) is 2.85. The van der Waals surface area contributed by atoms with Crippen molar-refractivity contribution < 1.29 is 9.34 Å². The summed E-state index contributed by atoms with van der Waals surface area (Å²) in [5.41, 5.74) is 5.28. The summed E-state index contributed by atoms with van der Waals surface area (Å²) in [6.07, 6.45) is 2.09. The molecule has 5 heteroatoms. The fraction of sp³-hybridized carbons (Fsp3) is 0. The maximum atomic E-state index is 9.91. The Labute approximate surface area is 62.3 Å². The van der Waals surface area contributed by atoms with Crippen molar-refractivity contribution in [2.75, 3.05) is 0 Å². The first-order valence-electron chi connectivity index (χ1n) is 2.85. The standard InChI is InChI=1S/C6H6N2O3/c7-5(4-8(9)10)6-2-1-3-11-6/h1-4H,7H2. The van der Waals surface area contributed by atoms with E-state index in [2.05, 4.69) is 0 Å². The van der Waals surface area contributed by atoms with Gasteiger partial charge < -0.3 is 10.2 Å². The van der Waals surface area contributed by atoms with Gasteiger partial charge in [-0.05, 0) is 12.1 Å². The summed E-state index contributed by atoms with van der Waals surface area (Å²) in [6.45, 7) is 0. The highest BCUT2D eigenvalue weighted by Gasteiger charge is 2.02. The van der Waals surface area contributed by atoms with E-state index in [0.717, 1.165) is 0 Å². The van der Waals surface area contributed by atoms with Gasteiger partial charge >= 0.3 is 0 Å². The molecule has 11 heavy (non-hydrogen) atoms. The number of nitrogens with zero attached hydrogens (tertiary/aromatic N) is 1. The summed E-state index contributed by atoms with van der Waals surface area (Å²) in [6, 6.07) is 3.16. The monoisotopic (exact) mass is 154 g/mol. The van der Waals surface area contributed by atoms with Gasteiger partial charge in [-0.3, -0.25) is 10.1 Å². The van der Waals surface area contributed by atoms with E-state index in [1.165, 1.54) is 6.26 Å². The number of nitro groups is 1. The lowest BCUT2D eigenvalue weighted by molar-refractivity contribution is -0.401. The van der Waals surface area contributed by atoms with Crippen LogP contribution < -0.4 is 5.73 Å². The van der Waals surface area contributed by atoms with Crippen molar-refractivity contribution >= 4 is 5.70 Å². The summed E-state index contributed by atoms with van der Waals surface area (Å²) in [4.78, 5) is 9.29. The molecule has 0 aliphatic carbocycles. The molecule has 0 amide bonds. The fourth-order valence-electron chi connectivity index (χ4n) is 0.620. The third-order valence-corrected chi connectivity index (χ3v) is 1.05. The van der Waals surface area contributed by atoms with Crippen LogP contribution in [0.4, 0.5) is 0 Å². The molecule has 5 nitrogen and oxygen atoms in total. The Balaban J connectivity index is 2.86. The molecule has 58 valence electrons. The van der Waals surface area contributed by atoms with Crippen LogP contribution >= 0.6 is 0 Å². The van der Waals surface area contributed by atoms with Crippen molar-refractivity contribution in [2.45, 2.75) is 0 Å². The van der Waals surface area contributed by atoms with Gasteiger partial charge in [-0.25, -0.2) is 0 Å². The Bertz CT molecular complexity index is 276. The average molecular weight is 154 g/mol. The molecule has 0 spiro atoms. The van der Waals surface area contributed by atoms with Crippen molar-refractivity contribution in [3.63, 3.8) is 0 Å². The lowest BCUT2D eigenvalue weighted by Crippen LogP contribution is -1.98. The quantitative estimate of drug-likeness (QED) is 0.504. The van der Waals surface area contributed by atoms with Crippen LogP contribution in [0.2, 0.25) is 0 Å². The third-order valence-electron chi connectivity index (χ3n) is 1.05. The smallest absolute Gasteiger partial charge is 0.261 e. The zero-order valence-corrected chi connectivity index (χ0v) is 5.56. The molecule has 0 unspecified atom stereocenters. The Morgan fingerprint density at radius 1 is 1.82 bits per heavy atom. The fourth-order valence-corrected chi connectivity index (χ4v) is 0.620. The van der Waals surface area contributed by atoms with Crippen LogP contribution in [-0.4, -0.2) is 4.92 Å². The van der Waals surface area contributed by atoms with Gasteiger partial charge in [0.1, 0.15) is 5.70 Å². The number of nitrogens with two attached hydrogens (primary N) is 1. The van der Waals surface area contributed by atoms with E-state index in [4.69, 9.17) is 10.2 Å². The Hall–Kier alpha value is -1.78. The van der Waals surface area contributed by atoms with Crippen molar-refractivity contribution in [3.05, 3.63) is 40.5 Å². The molecule has 0 aromatic carbocycles. The zero-order valence-electron chi connectivity index (χ0n) is 5.56. The van der Waals surface area contributed by atoms with Gasteiger partial charge in [-0.2, -0.15) is 0 Å². The molecule has 0 saturated heterocycles. The van der Waals surface area contributed by atoms with Crippen LogP contribution in [0.5, 0.6) is 0 Å². The summed E-state index contributed by atoms with van der Waals surface area (Å²) in [5, 5.41) is 9.91. The van der Waals surface area contributed by atoms with Gasteiger partial charge in [0.05, 0.1) is 11.2 Å². The molecule has 0 radical (unpaired) electrons. The van der Waals surface area contributed by atoms with Crippen LogP contribution in [0.15, 0.2) is 29.0 Å². The predicted molar refractivity (Wildman–Crippen MR) is 37.9 cm³/mol. The van der Waals surface area contributed by atoms with Crippen molar-refractivity contribution in [1.82, 2.24) is 0 Å². The predicted octanol–water partition coefficient (Wildman–Crippen LogP) is 0.813. The second-order valence-electron chi connectivity index (χ2n) is 1.85. The number of hydrogen-bond acceptors (Lipinski definition) is 4. The second kappa shape index (κ2) is 2.87. The van der Waals surface area contributed by atoms with E-state index in [9.17, 15) is 10.1 Å². The summed E-state index contributed by atoms with van der Waals surface area (Å²) in [7, 11) is 0. The lowest BCUT2D eigenvalue weighted by Gasteiger charge is -1.89. The first kappa shape index (κ1) is 7.33. The van der Waals surface area contributed by atoms with E-state index in [-0.39, 0.29) is 5.70 Å². The van der Waals surface area contributed by atoms with E-state index in [1.807, 2.05) is 0 Å². The maximum absolute atomic E-state index is 9.91. The molecular formula is C6H6N2O3. The molecule has 1 rings (SSSR count). The molecule has 0 aliphatic rings. The number of furan rings is 1. The van der Waals surface area contributed by atoms with E-state index < -0.39 is 4.92 Å². The molecular weight excluding hydrogens is 148 g/mol. The summed E-state index contributed by atoms with van der Waals surface area (Å²) >= 11 is 0. The van der Waals surface area contributed by atoms with Crippen LogP contribution in [0.25, 0.3) is 5.70 Å². The van der Waals surface area contributed by atoms with Gasteiger partial charge in [0.25, 0.3) is 6.20 Å². The first-order chi connectivity index (χ1) is 5.20. The van der Waals surface area contributed by atoms with E-state index in [0.29, 0.717) is 12.0 Å². The molecule has 2 N–H and O–H groups in total. The van der Waals surface area contributed by atoms with Crippen molar-refractivity contribution in [3.8, 4) is 0 Å². The number of rotatable bonds is 2. The third kappa shape index (κ3) is 1.82. The van der Waals surface area contributed by atoms with Gasteiger partial charge in [-0.15, -0.1) is 0 Å². The SMILES string of the molecule is NC(=C[N+](=O)[O-])c1ccco1. The van der Waals surface area contributed by atoms with Gasteiger partial charge in [0, 0.05) is 0 Å². The molecule has 0 fully saturated rings. The molecule has 0 atom stereocenters. The van der Waals surface area contributed by atoms with Gasteiger partial charge in [-0.1, -0.05) is 0 Å². The van der Waals surface area contributed by atoms with Gasteiger partial charge in [0.15, 0.2) is 5.76 Å². The second-order valence-corrected chi connectivity index (χ2v) is 1.85. The molecule has 1 heterocycles. The summed E-state index contributed by atoms with van der Waals surface area (Å²) < 4.78 is 4.80. The summed E-state index contributed by atoms with van der Waals surface area (Å²) in [5.74, 6) is 0.307. The minimum atomic E-state index is -0.627. The Morgan fingerprint density at radius 3 is 3.00 bits per heavy atom. The minimum absolute atomic E-state index is 0.0139. The van der Waals surface area contributed by atoms with Crippen molar-refractivity contribution in [2.24, 2.45) is 5.73 Å². The normalized spacial score (nSPS) is 11.5. The van der Waals surface area contributed by atoms with Crippen LogP contribution in [0.3, 0.4) is 0 Å². The highest BCUT2D eigenvalue weighted by atomic mass is 16.6. The Morgan fingerprint density at radius 2 is 2.55 bits per heavy atom. The van der Waals surface area contributed by atoms with Crippen molar-refractivity contribution in [1.29, 1.82) is 0 Å². The molecule has 1 aromatic rings. The highest BCUT2D eigenvalue weighted by Crippen LogP contribution is 2.07.